The highest BCUT2D eigenvalue weighted by atomic mass is 32.2. The van der Waals surface area contributed by atoms with Crippen molar-refractivity contribution in [1.82, 2.24) is 10.0 Å². The van der Waals surface area contributed by atoms with Crippen molar-refractivity contribution in [3.05, 3.63) is 17.0 Å². The van der Waals surface area contributed by atoms with E-state index in [9.17, 15) is 8.42 Å². The van der Waals surface area contributed by atoms with Gasteiger partial charge in [-0.1, -0.05) is 13.8 Å². The van der Waals surface area contributed by atoms with E-state index in [-0.39, 0.29) is 0 Å². The Bertz CT molecular complexity index is 534. The van der Waals surface area contributed by atoms with Gasteiger partial charge in [-0.15, -0.1) is 11.3 Å². The lowest BCUT2D eigenvalue weighted by atomic mass is 10.1. The number of nitrogens with one attached hydrogen (secondary N) is 2. The molecule has 2 heterocycles. The molecule has 0 radical (unpaired) electrons. The van der Waals surface area contributed by atoms with E-state index in [4.69, 9.17) is 4.74 Å². The maximum Gasteiger partial charge on any atom is 0.250 e. The van der Waals surface area contributed by atoms with E-state index < -0.39 is 10.0 Å². The summed E-state index contributed by atoms with van der Waals surface area (Å²) < 4.78 is 32.8. The molecule has 21 heavy (non-hydrogen) atoms. The second kappa shape index (κ2) is 7.69. The summed E-state index contributed by atoms with van der Waals surface area (Å²) in [5.74, 6) is 0.488. The minimum atomic E-state index is -3.37. The number of ether oxygens (including phenoxy) is 1. The monoisotopic (exact) mass is 332 g/mol. The summed E-state index contributed by atoms with van der Waals surface area (Å²) in [5.41, 5.74) is 0. The molecule has 1 unspecified atom stereocenters. The highest BCUT2D eigenvalue weighted by molar-refractivity contribution is 7.91. The molecular formula is C14H24N2O3S2. The fourth-order valence-corrected chi connectivity index (χ4v) is 4.58. The maximum atomic E-state index is 12.2. The Morgan fingerprint density at radius 2 is 2.24 bits per heavy atom. The molecule has 1 aromatic rings. The smallest absolute Gasteiger partial charge is 0.250 e. The summed E-state index contributed by atoms with van der Waals surface area (Å²) in [6.07, 6.45) is 1.87. The van der Waals surface area contributed by atoms with E-state index in [1.54, 1.807) is 6.07 Å². The Morgan fingerprint density at radius 3 is 2.90 bits per heavy atom. The minimum absolute atomic E-state index is 0.388. The average Bonchev–Trinajstić information content (AvgIpc) is 3.07. The summed E-state index contributed by atoms with van der Waals surface area (Å²) in [4.78, 5) is 1.04. The molecule has 1 saturated heterocycles. The van der Waals surface area contributed by atoms with Crippen LogP contribution in [0.3, 0.4) is 0 Å². The zero-order valence-corrected chi connectivity index (χ0v) is 14.2. The van der Waals surface area contributed by atoms with Crippen molar-refractivity contribution in [2.75, 3.05) is 19.8 Å². The van der Waals surface area contributed by atoms with Gasteiger partial charge in [0.15, 0.2) is 0 Å². The molecule has 0 aliphatic carbocycles. The Hall–Kier alpha value is -0.470. The van der Waals surface area contributed by atoms with E-state index in [0.717, 1.165) is 30.9 Å². The van der Waals surface area contributed by atoms with Crippen LogP contribution in [0.2, 0.25) is 0 Å². The van der Waals surface area contributed by atoms with Crippen molar-refractivity contribution in [3.63, 3.8) is 0 Å². The van der Waals surface area contributed by atoms with Crippen LogP contribution in [-0.4, -0.2) is 34.2 Å². The van der Waals surface area contributed by atoms with Crippen LogP contribution in [0.25, 0.3) is 0 Å². The Balaban J connectivity index is 1.83. The molecule has 0 aromatic carbocycles. The van der Waals surface area contributed by atoms with Gasteiger partial charge in [0.1, 0.15) is 4.21 Å². The first kappa shape index (κ1) is 16.9. The van der Waals surface area contributed by atoms with Gasteiger partial charge in [0.25, 0.3) is 0 Å². The van der Waals surface area contributed by atoms with Gasteiger partial charge in [0, 0.05) is 37.2 Å². The van der Waals surface area contributed by atoms with Gasteiger partial charge < -0.3 is 10.1 Å². The fourth-order valence-electron chi connectivity index (χ4n) is 2.18. The molecule has 0 saturated carbocycles. The third-order valence-electron chi connectivity index (χ3n) is 3.46. The van der Waals surface area contributed by atoms with Crippen molar-refractivity contribution in [2.45, 2.75) is 43.5 Å². The minimum Gasteiger partial charge on any atom is -0.381 e. The molecule has 1 aromatic heterocycles. The molecule has 1 fully saturated rings. The van der Waals surface area contributed by atoms with Crippen LogP contribution in [0.1, 0.15) is 31.6 Å². The van der Waals surface area contributed by atoms with Gasteiger partial charge in [-0.05, 0) is 30.9 Å². The second-order valence-corrected chi connectivity index (χ2v) is 8.83. The van der Waals surface area contributed by atoms with E-state index >= 15 is 0 Å². The first-order valence-electron chi connectivity index (χ1n) is 7.37. The number of thiophene rings is 1. The first-order valence-corrected chi connectivity index (χ1v) is 9.67. The second-order valence-electron chi connectivity index (χ2n) is 5.67. The SMILES string of the molecule is CC(C)NCc1ccc(S(=O)(=O)NCCC2CCOC2)s1. The lowest BCUT2D eigenvalue weighted by molar-refractivity contribution is 0.184. The van der Waals surface area contributed by atoms with Crippen molar-refractivity contribution < 1.29 is 13.2 Å². The predicted molar refractivity (Wildman–Crippen MR) is 85.0 cm³/mol. The van der Waals surface area contributed by atoms with Crippen LogP contribution in [0.4, 0.5) is 0 Å². The van der Waals surface area contributed by atoms with Gasteiger partial charge in [-0.3, -0.25) is 0 Å². The zero-order chi connectivity index (χ0) is 15.3. The molecule has 120 valence electrons. The Labute approximate surface area is 131 Å². The summed E-state index contributed by atoms with van der Waals surface area (Å²) in [5, 5.41) is 3.29. The van der Waals surface area contributed by atoms with Crippen LogP contribution in [0, 0.1) is 5.92 Å². The lowest BCUT2D eigenvalue weighted by Gasteiger charge is -2.08. The molecule has 1 atom stereocenters. The third-order valence-corrected chi connectivity index (χ3v) is 6.49. The molecule has 1 aliphatic rings. The summed E-state index contributed by atoms with van der Waals surface area (Å²) in [7, 11) is -3.37. The molecule has 7 heteroatoms. The molecule has 2 rings (SSSR count). The maximum absolute atomic E-state index is 12.2. The topological polar surface area (TPSA) is 67.4 Å². The van der Waals surface area contributed by atoms with Gasteiger partial charge in [-0.25, -0.2) is 13.1 Å². The van der Waals surface area contributed by atoms with Crippen molar-refractivity contribution in [1.29, 1.82) is 0 Å². The molecular weight excluding hydrogens is 308 g/mol. The fraction of sp³-hybridized carbons (Fsp3) is 0.714. The van der Waals surface area contributed by atoms with Gasteiger partial charge >= 0.3 is 0 Å². The number of hydrogen-bond acceptors (Lipinski definition) is 5. The molecule has 0 spiro atoms. The van der Waals surface area contributed by atoms with Crippen LogP contribution in [0.15, 0.2) is 16.3 Å². The molecule has 5 nitrogen and oxygen atoms in total. The first-order chi connectivity index (χ1) is 9.97. The number of rotatable bonds is 8. The van der Waals surface area contributed by atoms with Gasteiger partial charge in [0.05, 0.1) is 0 Å². The van der Waals surface area contributed by atoms with Crippen molar-refractivity contribution >= 4 is 21.4 Å². The van der Waals surface area contributed by atoms with E-state index in [2.05, 4.69) is 23.9 Å². The van der Waals surface area contributed by atoms with Gasteiger partial charge in [-0.2, -0.15) is 0 Å². The third kappa shape index (κ3) is 5.34. The number of sulfonamides is 1. The summed E-state index contributed by atoms with van der Waals surface area (Å²) >= 11 is 1.33. The highest BCUT2D eigenvalue weighted by Crippen LogP contribution is 2.22. The van der Waals surface area contributed by atoms with Gasteiger partial charge in [0.2, 0.25) is 10.0 Å². The summed E-state index contributed by atoms with van der Waals surface area (Å²) in [6.45, 7) is 6.88. The Morgan fingerprint density at radius 1 is 1.43 bits per heavy atom. The van der Waals surface area contributed by atoms with E-state index in [1.807, 2.05) is 6.07 Å². The predicted octanol–water partition coefficient (Wildman–Crippen LogP) is 1.95. The average molecular weight is 332 g/mol. The van der Waals surface area contributed by atoms with E-state index in [1.165, 1.54) is 11.3 Å². The standard InChI is InChI=1S/C14H24N2O3S2/c1-11(2)15-9-13-3-4-14(20-13)21(17,18)16-7-5-12-6-8-19-10-12/h3-4,11-12,15-16H,5-10H2,1-2H3. The molecule has 1 aliphatic heterocycles. The zero-order valence-electron chi connectivity index (χ0n) is 12.6. The quantitative estimate of drug-likeness (QED) is 0.763. The van der Waals surface area contributed by atoms with Crippen LogP contribution in [0.5, 0.6) is 0 Å². The van der Waals surface area contributed by atoms with Crippen LogP contribution in [-0.2, 0) is 21.3 Å². The van der Waals surface area contributed by atoms with Crippen molar-refractivity contribution in [2.24, 2.45) is 5.92 Å². The molecule has 2 N–H and O–H groups in total. The van der Waals surface area contributed by atoms with Crippen LogP contribution < -0.4 is 10.0 Å². The number of hydrogen-bond donors (Lipinski definition) is 2. The van der Waals surface area contributed by atoms with Crippen molar-refractivity contribution in [3.8, 4) is 0 Å². The molecule has 0 amide bonds. The largest absolute Gasteiger partial charge is 0.381 e. The lowest BCUT2D eigenvalue weighted by Crippen LogP contribution is -2.25. The highest BCUT2D eigenvalue weighted by Gasteiger charge is 2.19. The normalized spacial score (nSPS) is 19.5. The Kier molecular flexibility index (Phi) is 6.19. The van der Waals surface area contributed by atoms with E-state index in [0.29, 0.717) is 29.3 Å². The molecule has 0 bridgehead atoms. The summed E-state index contributed by atoms with van der Waals surface area (Å²) in [6, 6.07) is 3.95. The van der Waals surface area contributed by atoms with Crippen LogP contribution >= 0.6 is 11.3 Å².